The van der Waals surface area contributed by atoms with Crippen molar-refractivity contribution in [2.24, 2.45) is 0 Å². The summed E-state index contributed by atoms with van der Waals surface area (Å²) in [6.07, 6.45) is 0.211. The van der Waals surface area contributed by atoms with Crippen LogP contribution < -0.4 is 9.80 Å². The van der Waals surface area contributed by atoms with Gasteiger partial charge in [-0.05, 0) is 48.4 Å². The number of halogens is 2. The van der Waals surface area contributed by atoms with Crippen LogP contribution in [0.5, 0.6) is 0 Å². The van der Waals surface area contributed by atoms with Crippen molar-refractivity contribution in [1.29, 1.82) is 0 Å². The van der Waals surface area contributed by atoms with Crippen molar-refractivity contribution < 1.29 is 23.1 Å². The Kier molecular flexibility index (Phi) is 6.86. The second-order valence-electron chi connectivity index (χ2n) is 8.00. The van der Waals surface area contributed by atoms with Crippen molar-refractivity contribution in [3.8, 4) is 0 Å². The van der Waals surface area contributed by atoms with Gasteiger partial charge in [-0.2, -0.15) is 4.31 Å². The maximum atomic E-state index is 13.3. The summed E-state index contributed by atoms with van der Waals surface area (Å²) >= 11 is 12.2. The Morgan fingerprint density at radius 1 is 0.909 bits per heavy atom. The highest BCUT2D eigenvalue weighted by molar-refractivity contribution is 7.89. The van der Waals surface area contributed by atoms with E-state index in [0.717, 1.165) is 11.3 Å². The molecule has 176 valence electrons. The monoisotopic (exact) mass is 511 g/mol. The third-order valence-electron chi connectivity index (χ3n) is 5.89. The number of carboxylic acid groups (broad SMARTS) is 1. The van der Waals surface area contributed by atoms with Crippen LogP contribution in [0.4, 0.5) is 11.4 Å². The average molecular weight is 512 g/mol. The number of aliphatic carboxylic acids is 1. The van der Waals surface area contributed by atoms with Gasteiger partial charge >= 0.3 is 5.97 Å². The molecule has 4 rings (SSSR count). The van der Waals surface area contributed by atoms with E-state index in [1.165, 1.54) is 15.3 Å². The van der Waals surface area contributed by atoms with E-state index in [2.05, 4.69) is 0 Å². The summed E-state index contributed by atoms with van der Waals surface area (Å²) in [5.41, 5.74) is 2.27. The number of nitrogens with zero attached hydrogens (tertiary/aromatic N) is 3. The molecule has 0 aliphatic carbocycles. The molecule has 1 N–H and O–H groups in total. The SMILES string of the molecule is O=C(O)CCC(=O)N1CCc2cc(S(=O)(=O)N3CCN(c4cc(Cl)cc(Cl)c4)CC3)ccc21. The number of hydrogen-bond acceptors (Lipinski definition) is 5. The highest BCUT2D eigenvalue weighted by atomic mass is 35.5. The summed E-state index contributed by atoms with van der Waals surface area (Å²) in [7, 11) is -3.69. The predicted molar refractivity (Wildman–Crippen MR) is 127 cm³/mol. The first-order valence-corrected chi connectivity index (χ1v) is 12.7. The molecule has 0 radical (unpaired) electrons. The number of sulfonamides is 1. The van der Waals surface area contributed by atoms with Gasteiger partial charge in [0.05, 0.1) is 11.3 Å². The second-order valence-corrected chi connectivity index (χ2v) is 10.8. The Morgan fingerprint density at radius 3 is 2.21 bits per heavy atom. The number of hydrogen-bond donors (Lipinski definition) is 1. The molecular weight excluding hydrogens is 489 g/mol. The van der Waals surface area contributed by atoms with Crippen molar-refractivity contribution in [3.63, 3.8) is 0 Å². The number of carbonyl (C=O) groups is 2. The van der Waals surface area contributed by atoms with Gasteiger partial charge in [0.15, 0.2) is 0 Å². The van der Waals surface area contributed by atoms with Crippen molar-refractivity contribution in [2.45, 2.75) is 24.2 Å². The third kappa shape index (κ3) is 5.11. The molecule has 0 bridgehead atoms. The minimum Gasteiger partial charge on any atom is -0.481 e. The molecule has 8 nitrogen and oxygen atoms in total. The molecular formula is C22H23Cl2N3O5S. The van der Waals surface area contributed by atoms with Crippen LogP contribution in [0.2, 0.25) is 10.0 Å². The maximum Gasteiger partial charge on any atom is 0.303 e. The molecule has 2 aliphatic rings. The molecule has 0 aromatic heterocycles. The van der Waals surface area contributed by atoms with Gasteiger partial charge in [-0.15, -0.1) is 0 Å². The van der Waals surface area contributed by atoms with E-state index in [9.17, 15) is 18.0 Å². The number of carboxylic acids is 1. The fourth-order valence-corrected chi connectivity index (χ4v) is 6.19. The Labute approximate surface area is 202 Å². The lowest BCUT2D eigenvalue weighted by atomic mass is 10.2. The zero-order valence-electron chi connectivity index (χ0n) is 17.7. The van der Waals surface area contributed by atoms with Gasteiger partial charge in [0.2, 0.25) is 15.9 Å². The number of fused-ring (bicyclic) bond motifs is 1. The van der Waals surface area contributed by atoms with Crippen LogP contribution in [0.15, 0.2) is 41.3 Å². The van der Waals surface area contributed by atoms with Gasteiger partial charge in [0, 0.05) is 60.6 Å². The van der Waals surface area contributed by atoms with Gasteiger partial charge in [-0.1, -0.05) is 23.2 Å². The highest BCUT2D eigenvalue weighted by Crippen LogP contribution is 2.32. The van der Waals surface area contributed by atoms with Gasteiger partial charge in [0.1, 0.15) is 0 Å². The number of benzene rings is 2. The van der Waals surface area contributed by atoms with Crippen LogP contribution >= 0.6 is 23.2 Å². The molecule has 0 saturated carbocycles. The van der Waals surface area contributed by atoms with E-state index in [1.54, 1.807) is 18.2 Å². The zero-order valence-corrected chi connectivity index (χ0v) is 20.0. The van der Waals surface area contributed by atoms with Crippen LogP contribution in [-0.2, 0) is 26.0 Å². The molecule has 0 spiro atoms. The number of rotatable bonds is 6. The van der Waals surface area contributed by atoms with E-state index >= 15 is 0 Å². The fourth-order valence-electron chi connectivity index (χ4n) is 4.20. The second kappa shape index (κ2) is 9.50. The number of amides is 1. The van der Waals surface area contributed by atoms with Crippen LogP contribution in [0.1, 0.15) is 18.4 Å². The molecule has 2 aromatic rings. The van der Waals surface area contributed by atoms with Crippen molar-refractivity contribution in [1.82, 2.24) is 4.31 Å². The predicted octanol–water partition coefficient (Wildman–Crippen LogP) is 3.26. The minimum atomic E-state index is -3.69. The van der Waals surface area contributed by atoms with Gasteiger partial charge in [-0.25, -0.2) is 8.42 Å². The summed E-state index contributed by atoms with van der Waals surface area (Å²) in [5.74, 6) is -1.30. The summed E-state index contributed by atoms with van der Waals surface area (Å²) in [6.45, 7) is 2.07. The standard InChI is InChI=1S/C22H23Cl2N3O5S/c23-16-12-17(24)14-18(13-16)25-7-9-26(10-8-25)33(31,32)19-1-2-20-15(11-19)5-6-27(20)21(28)3-4-22(29)30/h1-2,11-14H,3-10H2,(H,29,30). The van der Waals surface area contributed by atoms with Crippen molar-refractivity contribution in [2.75, 3.05) is 42.5 Å². The molecule has 1 amide bonds. The Morgan fingerprint density at radius 2 is 1.58 bits per heavy atom. The average Bonchev–Trinajstić information content (AvgIpc) is 3.20. The minimum absolute atomic E-state index is 0.0864. The van der Waals surface area contributed by atoms with Crippen molar-refractivity contribution >= 4 is 56.5 Å². The Bertz CT molecular complexity index is 1180. The fraction of sp³-hybridized carbons (Fsp3) is 0.364. The van der Waals surface area contributed by atoms with Gasteiger partial charge in [-0.3, -0.25) is 9.59 Å². The van der Waals surface area contributed by atoms with Crippen molar-refractivity contribution in [3.05, 3.63) is 52.0 Å². The van der Waals surface area contributed by atoms with Gasteiger partial charge < -0.3 is 14.9 Å². The summed E-state index contributed by atoms with van der Waals surface area (Å²) in [4.78, 5) is 26.9. The molecule has 2 aliphatic heterocycles. The van der Waals surface area contributed by atoms with E-state index in [-0.39, 0.29) is 23.6 Å². The third-order valence-corrected chi connectivity index (χ3v) is 8.22. The largest absolute Gasteiger partial charge is 0.481 e. The van der Waals surface area contributed by atoms with E-state index < -0.39 is 16.0 Å². The van der Waals surface area contributed by atoms with Crippen LogP contribution in [0, 0.1) is 0 Å². The molecule has 11 heteroatoms. The Hall–Kier alpha value is -2.33. The molecule has 33 heavy (non-hydrogen) atoms. The highest BCUT2D eigenvalue weighted by Gasteiger charge is 2.31. The molecule has 1 saturated heterocycles. The first-order valence-electron chi connectivity index (χ1n) is 10.5. The molecule has 2 aromatic carbocycles. The maximum absolute atomic E-state index is 13.3. The van der Waals surface area contributed by atoms with Crippen LogP contribution in [0.3, 0.4) is 0 Å². The summed E-state index contributed by atoms with van der Waals surface area (Å²) in [5, 5.41) is 9.86. The van der Waals surface area contributed by atoms with E-state index in [4.69, 9.17) is 28.3 Å². The van der Waals surface area contributed by atoms with Crippen LogP contribution in [0.25, 0.3) is 0 Å². The molecule has 0 unspecified atom stereocenters. The lowest BCUT2D eigenvalue weighted by Crippen LogP contribution is -2.48. The molecule has 0 atom stereocenters. The zero-order chi connectivity index (χ0) is 23.8. The lowest BCUT2D eigenvalue weighted by Gasteiger charge is -2.35. The number of carbonyl (C=O) groups excluding carboxylic acids is 1. The first kappa shape index (κ1) is 23.8. The quantitative estimate of drug-likeness (QED) is 0.638. The van der Waals surface area contributed by atoms with E-state index in [1.807, 2.05) is 17.0 Å². The number of anilines is 2. The lowest BCUT2D eigenvalue weighted by molar-refractivity contribution is -0.138. The van der Waals surface area contributed by atoms with Crippen LogP contribution in [-0.4, -0.2) is 62.4 Å². The smallest absolute Gasteiger partial charge is 0.303 e. The Balaban J connectivity index is 1.45. The molecule has 1 fully saturated rings. The number of piperazine rings is 1. The molecule has 2 heterocycles. The first-order chi connectivity index (χ1) is 15.6. The summed E-state index contributed by atoms with van der Waals surface area (Å²) < 4.78 is 28.0. The van der Waals surface area contributed by atoms with E-state index in [0.29, 0.717) is 54.9 Å². The summed E-state index contributed by atoms with van der Waals surface area (Å²) in [6, 6.07) is 10.0. The normalized spacial score (nSPS) is 16.7. The van der Waals surface area contributed by atoms with Gasteiger partial charge in [0.25, 0.3) is 0 Å². The topological polar surface area (TPSA) is 98.2 Å².